The van der Waals surface area contributed by atoms with Gasteiger partial charge in [0.2, 0.25) is 0 Å². The van der Waals surface area contributed by atoms with Gasteiger partial charge in [0.25, 0.3) is 0 Å². The van der Waals surface area contributed by atoms with Crippen LogP contribution in [0.4, 0.5) is 0 Å². The Hall–Kier alpha value is -4.07. The molecule has 0 fully saturated rings. The lowest BCUT2D eigenvalue weighted by atomic mass is 10.2. The smallest absolute Gasteiger partial charge is 0.357 e. The summed E-state index contributed by atoms with van der Waals surface area (Å²) in [5.74, 6) is -0.0203. The second kappa shape index (κ2) is 8.30. The topological polar surface area (TPSA) is 87.7 Å². The van der Waals surface area contributed by atoms with Crippen LogP contribution in [0.15, 0.2) is 73.1 Å². The predicted molar refractivity (Wildman–Crippen MR) is 107 cm³/mol. The van der Waals surface area contributed by atoms with E-state index in [1.807, 2.05) is 66.9 Å². The molecule has 4 aromatic rings. The Kier molecular flexibility index (Phi) is 5.24. The minimum Gasteiger partial charge on any atom is -0.456 e. The van der Waals surface area contributed by atoms with Gasteiger partial charge >= 0.3 is 5.97 Å². The molecular weight excluding hydrogens is 368 g/mol. The number of nitrogens with zero attached hydrogens (tertiary/aromatic N) is 6. The van der Waals surface area contributed by atoms with E-state index in [0.717, 1.165) is 16.8 Å². The number of aromatic nitrogens is 6. The van der Waals surface area contributed by atoms with E-state index in [2.05, 4.69) is 20.6 Å². The zero-order valence-corrected chi connectivity index (χ0v) is 15.7. The highest BCUT2D eigenvalue weighted by molar-refractivity contribution is 6.15. The van der Waals surface area contributed by atoms with Gasteiger partial charge in [0.15, 0.2) is 11.5 Å². The molecule has 0 aliphatic rings. The van der Waals surface area contributed by atoms with Crippen molar-refractivity contribution in [3.05, 3.63) is 90.0 Å². The lowest BCUT2D eigenvalue weighted by Gasteiger charge is -2.10. The highest BCUT2D eigenvalue weighted by Gasteiger charge is 2.18. The van der Waals surface area contributed by atoms with E-state index in [1.165, 1.54) is 4.68 Å². The molecule has 0 spiro atoms. The maximum Gasteiger partial charge on any atom is 0.357 e. The molecule has 0 saturated carbocycles. The first-order valence-corrected chi connectivity index (χ1v) is 8.99. The van der Waals surface area contributed by atoms with Gasteiger partial charge in [-0.25, -0.2) is 9.48 Å². The quantitative estimate of drug-likeness (QED) is 0.374. The molecule has 0 aliphatic heterocycles. The number of hydrogen-bond acceptors (Lipinski definition) is 6. The number of benzene rings is 2. The second-order valence-electron chi connectivity index (χ2n) is 6.27. The summed E-state index contributed by atoms with van der Waals surface area (Å²) in [4.78, 5) is 12.8. The molecule has 0 unspecified atom stereocenters. The molecule has 0 bridgehead atoms. The number of esters is 1. The van der Waals surface area contributed by atoms with Gasteiger partial charge in [-0.2, -0.15) is 9.78 Å². The summed E-state index contributed by atoms with van der Waals surface area (Å²) in [5, 5.41) is 15.6. The SMILES string of the molecule is Cc1nnnn1/C(=C\c1ccccc1)C(=O)OCc1ccc(-n2cccn2)cc1. The Morgan fingerprint density at radius 3 is 2.52 bits per heavy atom. The maximum atomic E-state index is 12.8. The average Bonchev–Trinajstić information content (AvgIpc) is 3.43. The van der Waals surface area contributed by atoms with Crippen molar-refractivity contribution >= 4 is 17.7 Å². The molecule has 2 heterocycles. The van der Waals surface area contributed by atoms with Crippen LogP contribution < -0.4 is 0 Å². The summed E-state index contributed by atoms with van der Waals surface area (Å²) in [6.07, 6.45) is 5.29. The van der Waals surface area contributed by atoms with Crippen molar-refractivity contribution in [2.75, 3.05) is 0 Å². The molecule has 29 heavy (non-hydrogen) atoms. The van der Waals surface area contributed by atoms with Crippen molar-refractivity contribution in [1.29, 1.82) is 0 Å². The molecule has 0 atom stereocenters. The molecule has 8 nitrogen and oxygen atoms in total. The van der Waals surface area contributed by atoms with Gasteiger partial charge in [-0.05, 0) is 52.8 Å². The number of carbonyl (C=O) groups excluding carboxylic acids is 1. The fourth-order valence-corrected chi connectivity index (χ4v) is 2.76. The Morgan fingerprint density at radius 2 is 1.86 bits per heavy atom. The Labute approximate surface area is 167 Å². The minimum atomic E-state index is -0.514. The van der Waals surface area contributed by atoms with Gasteiger partial charge in [0.1, 0.15) is 6.61 Å². The van der Waals surface area contributed by atoms with Gasteiger partial charge in [-0.1, -0.05) is 42.5 Å². The van der Waals surface area contributed by atoms with Gasteiger partial charge in [-0.15, -0.1) is 5.10 Å². The molecule has 0 amide bonds. The van der Waals surface area contributed by atoms with E-state index >= 15 is 0 Å². The number of tetrazole rings is 1. The van der Waals surface area contributed by atoms with Crippen LogP contribution in [-0.4, -0.2) is 36.0 Å². The van der Waals surface area contributed by atoms with E-state index in [9.17, 15) is 4.79 Å². The van der Waals surface area contributed by atoms with Gasteiger partial charge in [-0.3, -0.25) is 0 Å². The highest BCUT2D eigenvalue weighted by Crippen LogP contribution is 2.15. The molecule has 0 N–H and O–H groups in total. The third-order valence-corrected chi connectivity index (χ3v) is 4.24. The fraction of sp³-hybridized carbons (Fsp3) is 0.0952. The van der Waals surface area contributed by atoms with Crippen molar-refractivity contribution in [2.45, 2.75) is 13.5 Å². The largest absolute Gasteiger partial charge is 0.456 e. The molecule has 2 aromatic carbocycles. The van der Waals surface area contributed by atoms with Crippen LogP contribution in [0.3, 0.4) is 0 Å². The minimum absolute atomic E-state index is 0.130. The van der Waals surface area contributed by atoms with Crippen LogP contribution in [0.2, 0.25) is 0 Å². The predicted octanol–water partition coefficient (Wildman–Crippen LogP) is 2.91. The molecular formula is C21H18N6O2. The van der Waals surface area contributed by atoms with Crippen molar-refractivity contribution in [3.63, 3.8) is 0 Å². The van der Waals surface area contributed by atoms with Crippen LogP contribution in [0.25, 0.3) is 17.5 Å². The van der Waals surface area contributed by atoms with Gasteiger partial charge in [0, 0.05) is 12.4 Å². The average molecular weight is 386 g/mol. The van der Waals surface area contributed by atoms with E-state index in [1.54, 1.807) is 23.9 Å². The highest BCUT2D eigenvalue weighted by atomic mass is 16.5. The Bertz CT molecular complexity index is 1120. The second-order valence-corrected chi connectivity index (χ2v) is 6.27. The lowest BCUT2D eigenvalue weighted by molar-refractivity contribution is -0.138. The first kappa shape index (κ1) is 18.3. The first-order valence-electron chi connectivity index (χ1n) is 8.99. The molecule has 0 radical (unpaired) electrons. The van der Waals surface area contributed by atoms with Crippen LogP contribution in [-0.2, 0) is 16.1 Å². The molecule has 8 heteroatoms. The van der Waals surface area contributed by atoms with Crippen LogP contribution in [0.1, 0.15) is 17.0 Å². The Balaban J connectivity index is 1.51. The molecule has 0 aliphatic carbocycles. The van der Waals surface area contributed by atoms with Gasteiger partial charge < -0.3 is 4.74 Å². The van der Waals surface area contributed by atoms with Crippen molar-refractivity contribution in [1.82, 2.24) is 30.0 Å². The van der Waals surface area contributed by atoms with Crippen LogP contribution in [0.5, 0.6) is 0 Å². The van der Waals surface area contributed by atoms with Crippen molar-refractivity contribution < 1.29 is 9.53 Å². The third-order valence-electron chi connectivity index (χ3n) is 4.24. The Morgan fingerprint density at radius 1 is 1.07 bits per heavy atom. The normalized spacial score (nSPS) is 11.4. The monoisotopic (exact) mass is 386 g/mol. The van der Waals surface area contributed by atoms with E-state index in [0.29, 0.717) is 5.82 Å². The number of aryl methyl sites for hydroxylation is 1. The third kappa shape index (κ3) is 4.27. The maximum absolute atomic E-state index is 12.8. The van der Waals surface area contributed by atoms with Crippen LogP contribution in [0, 0.1) is 6.92 Å². The number of hydrogen-bond donors (Lipinski definition) is 0. The van der Waals surface area contributed by atoms with Crippen LogP contribution >= 0.6 is 0 Å². The molecule has 4 rings (SSSR count). The van der Waals surface area contributed by atoms with Gasteiger partial charge in [0.05, 0.1) is 5.69 Å². The molecule has 2 aromatic heterocycles. The first-order chi connectivity index (χ1) is 14.2. The zero-order chi connectivity index (χ0) is 20.1. The lowest BCUT2D eigenvalue weighted by Crippen LogP contribution is -2.15. The fourth-order valence-electron chi connectivity index (χ4n) is 2.76. The number of ether oxygens (including phenoxy) is 1. The summed E-state index contributed by atoms with van der Waals surface area (Å²) in [6, 6.07) is 19.0. The summed E-state index contributed by atoms with van der Waals surface area (Å²) in [6.45, 7) is 1.85. The zero-order valence-electron chi connectivity index (χ0n) is 15.7. The molecule has 144 valence electrons. The van der Waals surface area contributed by atoms with Crippen molar-refractivity contribution in [3.8, 4) is 5.69 Å². The summed E-state index contributed by atoms with van der Waals surface area (Å²) < 4.78 is 8.66. The standard InChI is InChI=1S/C21H18N6O2/c1-16-23-24-25-27(16)20(14-17-6-3-2-4-7-17)21(28)29-15-18-8-10-19(11-9-18)26-13-5-12-22-26/h2-14H,15H2,1H3/b20-14-. The number of carbonyl (C=O) groups is 1. The summed E-state index contributed by atoms with van der Waals surface area (Å²) >= 11 is 0. The van der Waals surface area contributed by atoms with Crippen molar-refractivity contribution in [2.24, 2.45) is 0 Å². The van der Waals surface area contributed by atoms with E-state index in [-0.39, 0.29) is 12.3 Å². The summed E-state index contributed by atoms with van der Waals surface area (Å²) in [7, 11) is 0. The number of rotatable bonds is 6. The van der Waals surface area contributed by atoms with E-state index in [4.69, 9.17) is 4.74 Å². The van der Waals surface area contributed by atoms with E-state index < -0.39 is 5.97 Å². The summed E-state index contributed by atoms with van der Waals surface area (Å²) in [5.41, 5.74) is 2.88. The molecule has 0 saturated heterocycles.